The first kappa shape index (κ1) is 19.2. The van der Waals surface area contributed by atoms with Gasteiger partial charge in [0.15, 0.2) is 16.4 Å². The number of nitrogens with one attached hydrogen (secondary N) is 1. The highest BCUT2D eigenvalue weighted by Gasteiger charge is 2.20. The molecule has 0 fully saturated rings. The summed E-state index contributed by atoms with van der Waals surface area (Å²) < 4.78 is 28.3. The van der Waals surface area contributed by atoms with Gasteiger partial charge in [-0.05, 0) is 44.2 Å². The Bertz CT molecular complexity index is 767. The Balaban J connectivity index is 1.82. The molecule has 0 aliphatic heterocycles. The SMILES string of the molecule is CS(=O)(=O)c1ccccc1C(=O)OCC(=O)NCCC1=CCCCC1. The first-order valence-electron chi connectivity index (χ1n) is 8.29. The number of ether oxygens (including phenoxy) is 1. The molecule has 6 nitrogen and oxygen atoms in total. The molecule has 1 aliphatic rings. The van der Waals surface area contributed by atoms with Crippen molar-refractivity contribution < 1.29 is 22.7 Å². The predicted octanol–water partition coefficient (Wildman–Crippen LogP) is 2.25. The van der Waals surface area contributed by atoms with E-state index in [-0.39, 0.29) is 10.5 Å². The van der Waals surface area contributed by atoms with Crippen LogP contribution >= 0.6 is 0 Å². The minimum absolute atomic E-state index is 0.0647. The van der Waals surface area contributed by atoms with Crippen molar-refractivity contribution >= 4 is 21.7 Å². The largest absolute Gasteiger partial charge is 0.452 e. The number of hydrogen-bond acceptors (Lipinski definition) is 5. The van der Waals surface area contributed by atoms with E-state index in [0.717, 1.165) is 25.5 Å². The van der Waals surface area contributed by atoms with Gasteiger partial charge in [-0.2, -0.15) is 0 Å². The highest BCUT2D eigenvalue weighted by Crippen LogP contribution is 2.19. The zero-order valence-electron chi connectivity index (χ0n) is 14.3. The van der Waals surface area contributed by atoms with Crippen molar-refractivity contribution in [3.05, 3.63) is 41.5 Å². The lowest BCUT2D eigenvalue weighted by atomic mass is 9.97. The number of esters is 1. The van der Waals surface area contributed by atoms with E-state index < -0.39 is 28.3 Å². The van der Waals surface area contributed by atoms with Crippen LogP contribution in [0.3, 0.4) is 0 Å². The smallest absolute Gasteiger partial charge is 0.339 e. The van der Waals surface area contributed by atoms with Crippen molar-refractivity contribution in [1.82, 2.24) is 5.32 Å². The Morgan fingerprint density at radius 3 is 2.64 bits per heavy atom. The van der Waals surface area contributed by atoms with E-state index >= 15 is 0 Å². The summed E-state index contributed by atoms with van der Waals surface area (Å²) in [5.74, 6) is -1.23. The van der Waals surface area contributed by atoms with Crippen LogP contribution in [0, 0.1) is 0 Å². The van der Waals surface area contributed by atoms with Crippen molar-refractivity contribution in [2.45, 2.75) is 37.0 Å². The van der Waals surface area contributed by atoms with E-state index in [1.165, 1.54) is 36.6 Å². The maximum Gasteiger partial charge on any atom is 0.339 e. The Morgan fingerprint density at radius 1 is 1.20 bits per heavy atom. The van der Waals surface area contributed by atoms with Crippen LogP contribution in [0.2, 0.25) is 0 Å². The number of sulfone groups is 1. The molecule has 0 aromatic heterocycles. The topological polar surface area (TPSA) is 89.5 Å². The fourth-order valence-corrected chi connectivity index (χ4v) is 3.59. The number of hydrogen-bond donors (Lipinski definition) is 1. The standard InChI is InChI=1S/C18H23NO5S/c1-25(22,23)16-10-6-5-9-15(16)18(21)24-13-17(20)19-12-11-14-7-3-2-4-8-14/h5-7,9-10H,2-4,8,11-13H2,1H3,(H,19,20). The van der Waals surface area contributed by atoms with Crippen molar-refractivity contribution in [2.75, 3.05) is 19.4 Å². The van der Waals surface area contributed by atoms with Crippen LogP contribution < -0.4 is 5.32 Å². The summed E-state index contributed by atoms with van der Waals surface area (Å²) in [4.78, 5) is 23.7. The highest BCUT2D eigenvalue weighted by molar-refractivity contribution is 7.90. The minimum Gasteiger partial charge on any atom is -0.452 e. The summed E-state index contributed by atoms with van der Waals surface area (Å²) in [6.45, 7) is 0.0676. The Labute approximate surface area is 148 Å². The van der Waals surface area contributed by atoms with Gasteiger partial charge in [-0.25, -0.2) is 13.2 Å². The van der Waals surface area contributed by atoms with Crippen molar-refractivity contribution in [1.29, 1.82) is 0 Å². The Morgan fingerprint density at radius 2 is 1.96 bits per heavy atom. The number of benzene rings is 1. The number of rotatable bonds is 7. The van der Waals surface area contributed by atoms with Crippen LogP contribution in [-0.2, 0) is 19.4 Å². The number of carbonyl (C=O) groups excluding carboxylic acids is 2. The minimum atomic E-state index is -3.55. The maximum absolute atomic E-state index is 12.1. The fraction of sp³-hybridized carbons (Fsp3) is 0.444. The fourth-order valence-electron chi connectivity index (χ4n) is 2.71. The summed E-state index contributed by atoms with van der Waals surface area (Å²) >= 11 is 0. The normalized spacial score (nSPS) is 14.5. The van der Waals surface area contributed by atoms with E-state index in [9.17, 15) is 18.0 Å². The molecule has 0 saturated heterocycles. The summed E-state index contributed by atoms with van der Waals surface area (Å²) in [5.41, 5.74) is 1.29. The predicted molar refractivity (Wildman–Crippen MR) is 94.0 cm³/mol. The van der Waals surface area contributed by atoms with E-state index in [2.05, 4.69) is 11.4 Å². The highest BCUT2D eigenvalue weighted by atomic mass is 32.2. The average Bonchev–Trinajstić information content (AvgIpc) is 2.60. The van der Waals surface area contributed by atoms with E-state index in [1.54, 1.807) is 6.07 Å². The molecule has 7 heteroatoms. The molecule has 0 unspecified atom stereocenters. The molecule has 1 N–H and O–H groups in total. The first-order valence-corrected chi connectivity index (χ1v) is 10.2. The zero-order chi connectivity index (χ0) is 18.3. The van der Waals surface area contributed by atoms with Gasteiger partial charge < -0.3 is 10.1 Å². The van der Waals surface area contributed by atoms with Crippen LogP contribution in [0.15, 0.2) is 40.8 Å². The lowest BCUT2D eigenvalue weighted by Gasteiger charge is -2.13. The molecule has 0 saturated carbocycles. The molecule has 1 amide bonds. The molecular weight excluding hydrogens is 342 g/mol. The van der Waals surface area contributed by atoms with E-state index in [4.69, 9.17) is 4.74 Å². The van der Waals surface area contributed by atoms with Crippen LogP contribution in [0.5, 0.6) is 0 Å². The van der Waals surface area contributed by atoms with E-state index in [1.807, 2.05) is 0 Å². The average molecular weight is 365 g/mol. The zero-order valence-corrected chi connectivity index (χ0v) is 15.1. The van der Waals surface area contributed by atoms with Gasteiger partial charge in [-0.15, -0.1) is 0 Å². The van der Waals surface area contributed by atoms with Gasteiger partial charge in [-0.1, -0.05) is 23.8 Å². The van der Waals surface area contributed by atoms with Crippen LogP contribution in [0.1, 0.15) is 42.5 Å². The molecule has 1 aromatic rings. The second-order valence-corrected chi connectivity index (χ2v) is 8.04. The molecule has 25 heavy (non-hydrogen) atoms. The molecule has 0 heterocycles. The third kappa shape index (κ3) is 6.01. The molecule has 0 radical (unpaired) electrons. The third-order valence-corrected chi connectivity index (χ3v) is 5.15. The summed E-state index contributed by atoms with van der Waals surface area (Å²) in [7, 11) is -3.55. The van der Waals surface area contributed by atoms with Gasteiger partial charge in [-0.3, -0.25) is 4.79 Å². The summed E-state index contributed by atoms with van der Waals surface area (Å²) in [6.07, 6.45) is 8.63. The molecule has 0 atom stereocenters. The van der Waals surface area contributed by atoms with Crippen LogP contribution in [0.4, 0.5) is 0 Å². The van der Waals surface area contributed by atoms with Crippen LogP contribution in [0.25, 0.3) is 0 Å². The molecule has 0 bridgehead atoms. The van der Waals surface area contributed by atoms with Gasteiger partial charge in [0.1, 0.15) is 0 Å². The monoisotopic (exact) mass is 365 g/mol. The first-order chi connectivity index (χ1) is 11.9. The lowest BCUT2D eigenvalue weighted by Crippen LogP contribution is -2.30. The molecule has 1 aromatic carbocycles. The van der Waals surface area contributed by atoms with Gasteiger partial charge in [0.05, 0.1) is 10.5 Å². The number of allylic oxidation sites excluding steroid dienone is 1. The van der Waals surface area contributed by atoms with Gasteiger partial charge in [0.2, 0.25) is 0 Å². The Kier molecular flexibility index (Phi) is 6.75. The van der Waals surface area contributed by atoms with Crippen LogP contribution in [-0.4, -0.2) is 39.7 Å². The van der Waals surface area contributed by atoms with E-state index in [0.29, 0.717) is 6.54 Å². The number of amides is 1. The summed E-state index contributed by atoms with van der Waals surface area (Å²) in [6, 6.07) is 5.78. The van der Waals surface area contributed by atoms with Crippen molar-refractivity contribution in [3.8, 4) is 0 Å². The maximum atomic E-state index is 12.1. The molecule has 136 valence electrons. The quantitative estimate of drug-likeness (QED) is 0.591. The molecular formula is C18H23NO5S. The van der Waals surface area contributed by atoms with Crippen molar-refractivity contribution in [2.24, 2.45) is 0 Å². The molecule has 0 spiro atoms. The molecule has 1 aliphatic carbocycles. The lowest BCUT2D eigenvalue weighted by molar-refractivity contribution is -0.124. The molecule has 2 rings (SSSR count). The van der Waals surface area contributed by atoms with Gasteiger partial charge >= 0.3 is 5.97 Å². The second-order valence-electron chi connectivity index (χ2n) is 6.05. The Hall–Kier alpha value is -2.15. The third-order valence-electron chi connectivity index (χ3n) is 3.99. The van der Waals surface area contributed by atoms with Crippen molar-refractivity contribution in [3.63, 3.8) is 0 Å². The number of carbonyl (C=O) groups is 2. The van der Waals surface area contributed by atoms with Gasteiger partial charge in [0.25, 0.3) is 5.91 Å². The van der Waals surface area contributed by atoms with Gasteiger partial charge in [0, 0.05) is 12.8 Å². The second kappa shape index (κ2) is 8.80. The summed E-state index contributed by atoms with van der Waals surface area (Å²) in [5, 5.41) is 2.71.